The van der Waals surface area contributed by atoms with Crippen molar-refractivity contribution in [1.29, 1.82) is 0 Å². The summed E-state index contributed by atoms with van der Waals surface area (Å²) >= 11 is 1.86. The molecule has 0 bridgehead atoms. The highest BCUT2D eigenvalue weighted by Crippen LogP contribution is 2.64. The smallest absolute Gasteiger partial charge is 0.138 e. The molecule has 2 nitrogen and oxygen atoms in total. The van der Waals surface area contributed by atoms with E-state index in [1.807, 2.05) is 11.3 Å². The van der Waals surface area contributed by atoms with Gasteiger partial charge in [-0.05, 0) is 109 Å². The Labute approximate surface area is 362 Å². The van der Waals surface area contributed by atoms with E-state index >= 15 is 0 Å². The number of furan rings is 1. The zero-order valence-electron chi connectivity index (χ0n) is 33.5. The lowest BCUT2D eigenvalue weighted by molar-refractivity contribution is 0.669. The van der Waals surface area contributed by atoms with Crippen LogP contribution in [0.2, 0.25) is 0 Å². The van der Waals surface area contributed by atoms with E-state index in [1.54, 1.807) is 0 Å². The van der Waals surface area contributed by atoms with E-state index in [1.165, 1.54) is 81.0 Å². The number of para-hydroxylation sites is 1. The van der Waals surface area contributed by atoms with Crippen molar-refractivity contribution in [1.82, 2.24) is 0 Å². The lowest BCUT2D eigenvalue weighted by Crippen LogP contribution is -2.25. The third kappa shape index (κ3) is 4.47. The Hall–Kier alpha value is -7.72. The van der Waals surface area contributed by atoms with Crippen molar-refractivity contribution in [3.05, 3.63) is 235 Å². The first-order valence-corrected chi connectivity index (χ1v) is 22.1. The average molecular weight is 806 g/mol. The summed E-state index contributed by atoms with van der Waals surface area (Å²) in [6.07, 6.45) is 0. The van der Waals surface area contributed by atoms with Crippen LogP contribution < -0.4 is 4.90 Å². The molecule has 0 fully saturated rings. The number of anilines is 3. The van der Waals surface area contributed by atoms with Gasteiger partial charge in [0, 0.05) is 38.0 Å². The Balaban J connectivity index is 1.11. The molecule has 0 N–H and O–H groups in total. The molecule has 0 unspecified atom stereocenters. The molecule has 2 heterocycles. The number of nitrogens with zero attached hydrogens (tertiary/aromatic N) is 1. The fourth-order valence-electron chi connectivity index (χ4n) is 11.2. The zero-order valence-corrected chi connectivity index (χ0v) is 34.3. The third-order valence-electron chi connectivity index (χ3n) is 13.6. The van der Waals surface area contributed by atoms with Gasteiger partial charge in [-0.3, -0.25) is 0 Å². The second kappa shape index (κ2) is 12.7. The van der Waals surface area contributed by atoms with E-state index in [9.17, 15) is 0 Å². The van der Waals surface area contributed by atoms with Gasteiger partial charge in [0.1, 0.15) is 11.2 Å². The summed E-state index contributed by atoms with van der Waals surface area (Å²) in [5.74, 6) is 0. The lowest BCUT2D eigenvalue weighted by Gasteiger charge is -2.30. The normalized spacial score (nSPS) is 13.3. The highest BCUT2D eigenvalue weighted by molar-refractivity contribution is 7.26. The van der Waals surface area contributed by atoms with Crippen molar-refractivity contribution in [2.75, 3.05) is 4.90 Å². The molecular weight excluding hydrogens is 771 g/mol. The molecule has 3 heteroatoms. The maximum Gasteiger partial charge on any atom is 0.138 e. The van der Waals surface area contributed by atoms with Crippen LogP contribution in [0.25, 0.3) is 86.3 Å². The molecule has 62 heavy (non-hydrogen) atoms. The van der Waals surface area contributed by atoms with Gasteiger partial charge in [-0.15, -0.1) is 11.3 Å². The number of hydrogen-bond donors (Lipinski definition) is 0. The van der Waals surface area contributed by atoms with Crippen molar-refractivity contribution < 1.29 is 4.42 Å². The maximum atomic E-state index is 7.07. The van der Waals surface area contributed by atoms with Gasteiger partial charge < -0.3 is 9.32 Å². The minimum absolute atomic E-state index is 0.451. The monoisotopic (exact) mass is 805 g/mol. The number of benzene rings is 10. The Morgan fingerprint density at radius 1 is 0.387 bits per heavy atom. The molecule has 0 radical (unpaired) electrons. The standard InChI is InChI=1S/C59H35NOS/c1-2-18-38(19-3-1)60(52-30-15-25-44-42-22-9-13-31-55(42)62-58(44)52)39-34-46(57-47-32-36-16-4-5-17-37(36)33-53(47)61-54(57)35-39)43-24-14-29-51-56(43)45-23-8-12-28-50(45)59(51)48-26-10-6-20-40(48)41-21-7-11-27-49(41)59/h1-35H. The van der Waals surface area contributed by atoms with E-state index in [2.05, 4.69) is 217 Å². The quantitative estimate of drug-likeness (QED) is 0.176. The molecule has 288 valence electrons. The first-order chi connectivity index (χ1) is 30.8. The summed E-state index contributed by atoms with van der Waals surface area (Å²) in [7, 11) is 0. The number of hydrogen-bond acceptors (Lipinski definition) is 3. The number of fused-ring (bicyclic) bond motifs is 17. The largest absolute Gasteiger partial charge is 0.456 e. The van der Waals surface area contributed by atoms with Crippen LogP contribution >= 0.6 is 11.3 Å². The van der Waals surface area contributed by atoms with Crippen molar-refractivity contribution in [3.8, 4) is 33.4 Å². The Morgan fingerprint density at radius 2 is 0.984 bits per heavy atom. The molecule has 10 aromatic carbocycles. The number of rotatable bonds is 4. The van der Waals surface area contributed by atoms with Crippen LogP contribution in [-0.4, -0.2) is 0 Å². The molecule has 0 amide bonds. The lowest BCUT2D eigenvalue weighted by atomic mass is 9.70. The van der Waals surface area contributed by atoms with Gasteiger partial charge in [0.25, 0.3) is 0 Å². The minimum Gasteiger partial charge on any atom is -0.456 e. The Morgan fingerprint density at radius 3 is 1.77 bits per heavy atom. The van der Waals surface area contributed by atoms with Crippen LogP contribution in [0.15, 0.2) is 217 Å². The molecule has 0 saturated heterocycles. The summed E-state index contributed by atoms with van der Waals surface area (Å²) in [5.41, 5.74) is 17.4. The molecule has 0 aliphatic heterocycles. The van der Waals surface area contributed by atoms with Crippen LogP contribution in [0.1, 0.15) is 22.3 Å². The van der Waals surface area contributed by atoms with Crippen LogP contribution in [0.5, 0.6) is 0 Å². The van der Waals surface area contributed by atoms with Gasteiger partial charge in [0.2, 0.25) is 0 Å². The molecule has 2 aliphatic rings. The second-order valence-electron chi connectivity index (χ2n) is 16.7. The Bertz CT molecular complexity index is 3790. The van der Waals surface area contributed by atoms with E-state index in [0.717, 1.165) is 44.6 Å². The molecule has 0 atom stereocenters. The summed E-state index contributed by atoms with van der Waals surface area (Å²) < 4.78 is 9.61. The highest BCUT2D eigenvalue weighted by Gasteiger charge is 2.52. The molecule has 1 spiro atoms. The van der Waals surface area contributed by atoms with Crippen LogP contribution in [0.4, 0.5) is 17.1 Å². The maximum absolute atomic E-state index is 7.07. The minimum atomic E-state index is -0.451. The average Bonchev–Trinajstić information content (AvgIpc) is 4.06. The predicted molar refractivity (Wildman–Crippen MR) is 261 cm³/mol. The van der Waals surface area contributed by atoms with Crippen molar-refractivity contribution >= 4 is 81.3 Å². The molecule has 12 aromatic rings. The van der Waals surface area contributed by atoms with E-state index < -0.39 is 5.41 Å². The van der Waals surface area contributed by atoms with Crippen LogP contribution in [-0.2, 0) is 5.41 Å². The predicted octanol–water partition coefficient (Wildman–Crippen LogP) is 16.6. The van der Waals surface area contributed by atoms with Crippen LogP contribution in [0.3, 0.4) is 0 Å². The van der Waals surface area contributed by atoms with Gasteiger partial charge in [-0.25, -0.2) is 0 Å². The van der Waals surface area contributed by atoms with E-state index in [4.69, 9.17) is 4.42 Å². The third-order valence-corrected chi connectivity index (χ3v) is 14.8. The fraction of sp³-hybridized carbons (Fsp3) is 0.0169. The molecule has 2 aromatic heterocycles. The summed E-state index contributed by atoms with van der Waals surface area (Å²) in [6.45, 7) is 0. The van der Waals surface area contributed by atoms with E-state index in [-0.39, 0.29) is 0 Å². The van der Waals surface area contributed by atoms with Crippen molar-refractivity contribution in [3.63, 3.8) is 0 Å². The fourth-order valence-corrected chi connectivity index (χ4v) is 12.4. The van der Waals surface area contributed by atoms with Gasteiger partial charge in [-0.2, -0.15) is 0 Å². The SMILES string of the molecule is c1ccc(N(c2cc(-c3cccc4c3-c3ccccc3C43c4ccccc4-c4ccccc43)c3c(c2)oc2cc4ccccc4cc23)c2cccc3c2sc2ccccc23)cc1. The number of thiophene rings is 1. The first-order valence-electron chi connectivity index (χ1n) is 21.3. The van der Waals surface area contributed by atoms with Gasteiger partial charge in [0.05, 0.1) is 21.5 Å². The van der Waals surface area contributed by atoms with Crippen LogP contribution in [0, 0.1) is 0 Å². The van der Waals surface area contributed by atoms with Crippen molar-refractivity contribution in [2.45, 2.75) is 5.41 Å². The van der Waals surface area contributed by atoms with Crippen molar-refractivity contribution in [2.24, 2.45) is 0 Å². The van der Waals surface area contributed by atoms with E-state index in [0.29, 0.717) is 0 Å². The second-order valence-corrected chi connectivity index (χ2v) is 17.8. The van der Waals surface area contributed by atoms with Gasteiger partial charge in [-0.1, -0.05) is 164 Å². The molecular formula is C59H35NOS. The zero-order chi connectivity index (χ0) is 40.5. The highest BCUT2D eigenvalue weighted by atomic mass is 32.1. The molecule has 14 rings (SSSR count). The van der Waals surface area contributed by atoms with Gasteiger partial charge >= 0.3 is 0 Å². The molecule has 2 aliphatic carbocycles. The van der Waals surface area contributed by atoms with Gasteiger partial charge in [0.15, 0.2) is 0 Å². The summed E-state index contributed by atoms with van der Waals surface area (Å²) in [5, 5.41) is 7.15. The Kier molecular flexibility index (Phi) is 6.95. The summed E-state index contributed by atoms with van der Waals surface area (Å²) in [4.78, 5) is 2.44. The first kappa shape index (κ1) is 34.0. The topological polar surface area (TPSA) is 16.4 Å². The molecule has 0 saturated carbocycles. The summed E-state index contributed by atoms with van der Waals surface area (Å²) in [6, 6.07) is 78.4.